The second-order valence-corrected chi connectivity index (χ2v) is 6.99. The molecule has 0 aromatic carbocycles. The van der Waals surface area contributed by atoms with Gasteiger partial charge < -0.3 is 5.32 Å². The van der Waals surface area contributed by atoms with Gasteiger partial charge in [0.1, 0.15) is 5.01 Å². The van der Waals surface area contributed by atoms with Crippen LogP contribution in [0.3, 0.4) is 0 Å². The van der Waals surface area contributed by atoms with Crippen molar-refractivity contribution >= 4 is 34.9 Å². The highest BCUT2D eigenvalue weighted by Gasteiger charge is 2.19. The Morgan fingerprint density at radius 3 is 3.20 bits per heavy atom. The summed E-state index contributed by atoms with van der Waals surface area (Å²) in [5.41, 5.74) is 0. The number of hydrogen-bond donors (Lipinski definition) is 1. The average Bonchev–Trinajstić information content (AvgIpc) is 2.76. The van der Waals surface area contributed by atoms with Crippen molar-refractivity contribution < 1.29 is 0 Å². The molecule has 1 aliphatic heterocycles. The number of thioether (sulfide) groups is 2. The zero-order valence-electron chi connectivity index (χ0n) is 8.86. The van der Waals surface area contributed by atoms with E-state index in [1.807, 2.05) is 17.5 Å². The second-order valence-electron chi connectivity index (χ2n) is 3.38. The van der Waals surface area contributed by atoms with Gasteiger partial charge in [-0.1, -0.05) is 6.92 Å². The average molecular weight is 260 g/mol. The lowest BCUT2D eigenvalue weighted by molar-refractivity contribution is 0.734. The van der Waals surface area contributed by atoms with Crippen LogP contribution in [0.5, 0.6) is 0 Å². The summed E-state index contributed by atoms with van der Waals surface area (Å²) in [6.07, 6.45) is 2.03. The Kier molecular flexibility index (Phi) is 4.81. The van der Waals surface area contributed by atoms with Crippen LogP contribution in [0.15, 0.2) is 6.20 Å². The van der Waals surface area contributed by atoms with Crippen LogP contribution in [-0.2, 0) is 6.54 Å². The first-order valence-electron chi connectivity index (χ1n) is 5.25. The van der Waals surface area contributed by atoms with Gasteiger partial charge in [0.15, 0.2) is 0 Å². The van der Waals surface area contributed by atoms with Crippen molar-refractivity contribution in [2.24, 2.45) is 0 Å². The van der Waals surface area contributed by atoms with Crippen molar-refractivity contribution in [2.45, 2.75) is 18.7 Å². The third-order valence-electron chi connectivity index (χ3n) is 2.21. The minimum absolute atomic E-state index is 0.643. The van der Waals surface area contributed by atoms with E-state index in [1.54, 1.807) is 0 Å². The Bertz CT molecular complexity index is 295. The number of nitrogens with zero attached hydrogens (tertiary/aromatic N) is 1. The number of aromatic nitrogens is 1. The third kappa shape index (κ3) is 3.37. The van der Waals surface area contributed by atoms with Crippen LogP contribution in [0.4, 0.5) is 0 Å². The van der Waals surface area contributed by atoms with Gasteiger partial charge in [-0.05, 0) is 6.54 Å². The summed E-state index contributed by atoms with van der Waals surface area (Å²) < 4.78 is 0. The van der Waals surface area contributed by atoms with E-state index in [4.69, 9.17) is 0 Å². The molecule has 1 fully saturated rings. The molecule has 1 saturated heterocycles. The fourth-order valence-electron chi connectivity index (χ4n) is 1.43. The van der Waals surface area contributed by atoms with E-state index >= 15 is 0 Å². The zero-order valence-corrected chi connectivity index (χ0v) is 11.3. The van der Waals surface area contributed by atoms with Crippen LogP contribution in [-0.4, -0.2) is 28.8 Å². The summed E-state index contributed by atoms with van der Waals surface area (Å²) in [6.45, 7) is 4.13. The molecule has 2 rings (SSSR count). The predicted octanol–water partition coefficient (Wildman–Crippen LogP) is 2.77. The Hall–Kier alpha value is 0.290. The first-order valence-corrected chi connectivity index (χ1v) is 8.27. The molecule has 15 heavy (non-hydrogen) atoms. The minimum atomic E-state index is 0.643. The molecule has 0 bridgehead atoms. The van der Waals surface area contributed by atoms with Gasteiger partial charge in [0.05, 0.1) is 5.25 Å². The van der Waals surface area contributed by atoms with Crippen LogP contribution in [0, 0.1) is 0 Å². The quantitative estimate of drug-likeness (QED) is 0.900. The minimum Gasteiger partial charge on any atom is -0.312 e. The molecule has 5 heteroatoms. The maximum absolute atomic E-state index is 4.54. The summed E-state index contributed by atoms with van der Waals surface area (Å²) in [5, 5.41) is 5.30. The number of hydrogen-bond acceptors (Lipinski definition) is 5. The van der Waals surface area contributed by atoms with Crippen molar-refractivity contribution in [3.8, 4) is 0 Å². The molecule has 0 amide bonds. The highest BCUT2D eigenvalue weighted by Crippen LogP contribution is 2.38. The van der Waals surface area contributed by atoms with E-state index in [-0.39, 0.29) is 0 Å². The lowest BCUT2D eigenvalue weighted by atomic mass is 10.5. The third-order valence-corrected chi connectivity index (χ3v) is 6.24. The lowest BCUT2D eigenvalue weighted by Crippen LogP contribution is -2.10. The predicted molar refractivity (Wildman–Crippen MR) is 72.0 cm³/mol. The van der Waals surface area contributed by atoms with E-state index in [9.17, 15) is 0 Å². The molecule has 0 radical (unpaired) electrons. The molecule has 0 saturated carbocycles. The van der Waals surface area contributed by atoms with Gasteiger partial charge in [0.25, 0.3) is 0 Å². The van der Waals surface area contributed by atoms with Gasteiger partial charge >= 0.3 is 0 Å². The maximum Gasteiger partial charge on any atom is 0.107 e. The van der Waals surface area contributed by atoms with Gasteiger partial charge in [0.2, 0.25) is 0 Å². The van der Waals surface area contributed by atoms with E-state index in [0.29, 0.717) is 5.25 Å². The zero-order chi connectivity index (χ0) is 10.5. The molecule has 1 atom stereocenters. The smallest absolute Gasteiger partial charge is 0.107 e. The topological polar surface area (TPSA) is 24.9 Å². The van der Waals surface area contributed by atoms with E-state index < -0.39 is 0 Å². The van der Waals surface area contributed by atoms with E-state index in [2.05, 4.69) is 40.7 Å². The summed E-state index contributed by atoms with van der Waals surface area (Å²) >= 11 is 5.99. The molecular formula is C10H16N2S3. The van der Waals surface area contributed by atoms with Crippen LogP contribution in [0.2, 0.25) is 0 Å². The van der Waals surface area contributed by atoms with Gasteiger partial charge in [-0.15, -0.1) is 23.1 Å². The standard InChI is InChI=1S/C10H16N2S3/c1-2-11-5-8-6-12-10(15-8)9-7-13-3-4-14-9/h6,9,11H,2-5,7H2,1H3. The fraction of sp³-hybridized carbons (Fsp3) is 0.700. The Balaban J connectivity index is 1.93. The molecule has 1 aromatic rings. The number of rotatable bonds is 4. The largest absolute Gasteiger partial charge is 0.312 e. The molecule has 0 aliphatic carbocycles. The summed E-state index contributed by atoms with van der Waals surface area (Å²) in [4.78, 5) is 5.90. The van der Waals surface area contributed by atoms with Crippen molar-refractivity contribution in [3.63, 3.8) is 0 Å². The monoisotopic (exact) mass is 260 g/mol. The molecule has 1 N–H and O–H groups in total. The van der Waals surface area contributed by atoms with Crippen molar-refractivity contribution in [2.75, 3.05) is 23.8 Å². The van der Waals surface area contributed by atoms with Crippen molar-refractivity contribution in [3.05, 3.63) is 16.1 Å². The number of thiazole rings is 1. The Morgan fingerprint density at radius 2 is 2.47 bits per heavy atom. The molecular weight excluding hydrogens is 244 g/mol. The first kappa shape index (κ1) is 11.8. The molecule has 1 aliphatic rings. The molecule has 2 nitrogen and oxygen atoms in total. The Morgan fingerprint density at radius 1 is 1.53 bits per heavy atom. The van der Waals surface area contributed by atoms with Crippen LogP contribution in [0.25, 0.3) is 0 Å². The number of nitrogens with one attached hydrogen (secondary N) is 1. The Labute approximate surface area is 104 Å². The molecule has 1 unspecified atom stereocenters. The van der Waals surface area contributed by atoms with Crippen molar-refractivity contribution in [1.29, 1.82) is 0 Å². The molecule has 0 spiro atoms. The normalized spacial score (nSPS) is 21.8. The summed E-state index contributed by atoms with van der Waals surface area (Å²) in [5.74, 6) is 3.81. The van der Waals surface area contributed by atoms with Crippen LogP contribution in [0.1, 0.15) is 22.1 Å². The van der Waals surface area contributed by atoms with E-state index in [1.165, 1.54) is 27.1 Å². The molecule has 84 valence electrons. The van der Waals surface area contributed by atoms with Crippen LogP contribution < -0.4 is 5.32 Å². The van der Waals surface area contributed by atoms with Gasteiger partial charge in [-0.3, -0.25) is 0 Å². The lowest BCUT2D eigenvalue weighted by Gasteiger charge is -2.18. The summed E-state index contributed by atoms with van der Waals surface area (Å²) in [6, 6.07) is 0. The van der Waals surface area contributed by atoms with Gasteiger partial charge in [-0.25, -0.2) is 4.98 Å². The van der Waals surface area contributed by atoms with Gasteiger partial charge in [-0.2, -0.15) is 11.8 Å². The fourth-order valence-corrected chi connectivity index (χ4v) is 5.31. The highest BCUT2D eigenvalue weighted by molar-refractivity contribution is 8.06. The van der Waals surface area contributed by atoms with Gasteiger partial charge in [0, 0.05) is 34.9 Å². The first-order chi connectivity index (χ1) is 7.40. The van der Waals surface area contributed by atoms with Crippen LogP contribution >= 0.6 is 34.9 Å². The SMILES string of the molecule is CCNCc1cnc(C2CSCCS2)s1. The highest BCUT2D eigenvalue weighted by atomic mass is 32.2. The second kappa shape index (κ2) is 6.13. The van der Waals surface area contributed by atoms with E-state index in [0.717, 1.165) is 13.1 Å². The van der Waals surface area contributed by atoms with Crippen molar-refractivity contribution in [1.82, 2.24) is 10.3 Å². The summed E-state index contributed by atoms with van der Waals surface area (Å²) in [7, 11) is 0. The molecule has 1 aromatic heterocycles. The molecule has 2 heterocycles. The maximum atomic E-state index is 4.54.